The highest BCUT2D eigenvalue weighted by Gasteiger charge is 2.31. The first-order valence-electron chi connectivity index (χ1n) is 7.21. The Hall–Kier alpha value is -1.34. The minimum Gasteiger partial charge on any atom is -0.481 e. The van der Waals surface area contributed by atoms with Crippen molar-refractivity contribution in [2.24, 2.45) is 5.92 Å². The Morgan fingerprint density at radius 2 is 1.85 bits per heavy atom. The summed E-state index contributed by atoms with van der Waals surface area (Å²) in [6.07, 6.45) is 1.92. The molecule has 2 unspecified atom stereocenters. The van der Waals surface area contributed by atoms with E-state index in [1.54, 1.807) is 4.90 Å². The molecule has 2 atom stereocenters. The van der Waals surface area contributed by atoms with Crippen LogP contribution in [0.1, 0.15) is 19.3 Å². The van der Waals surface area contributed by atoms with E-state index in [0.29, 0.717) is 32.5 Å². The fourth-order valence-corrected chi connectivity index (χ4v) is 2.92. The number of carboxylic acid groups (broad SMARTS) is 1. The first-order valence-corrected chi connectivity index (χ1v) is 7.21. The van der Waals surface area contributed by atoms with Gasteiger partial charge in [-0.2, -0.15) is 0 Å². The molecular formula is C13H23N3O4. The SMILES string of the molecule is O=C(O)C1CCC(NC(=O)N2CCN(CCO)CC2)C1. The second-order valence-electron chi connectivity index (χ2n) is 5.55. The summed E-state index contributed by atoms with van der Waals surface area (Å²) in [6.45, 7) is 3.65. The Morgan fingerprint density at radius 3 is 2.40 bits per heavy atom. The normalized spacial score (nSPS) is 27.6. The van der Waals surface area contributed by atoms with Crippen molar-refractivity contribution in [1.82, 2.24) is 15.1 Å². The molecule has 1 aliphatic carbocycles. The summed E-state index contributed by atoms with van der Waals surface area (Å²) in [5.41, 5.74) is 0. The van der Waals surface area contributed by atoms with Crippen LogP contribution in [-0.4, -0.2) is 77.4 Å². The summed E-state index contributed by atoms with van der Waals surface area (Å²) < 4.78 is 0. The molecule has 0 radical (unpaired) electrons. The second-order valence-corrected chi connectivity index (χ2v) is 5.55. The van der Waals surface area contributed by atoms with E-state index >= 15 is 0 Å². The van der Waals surface area contributed by atoms with E-state index in [4.69, 9.17) is 10.2 Å². The Bertz CT molecular complexity index is 356. The monoisotopic (exact) mass is 285 g/mol. The molecule has 114 valence electrons. The molecule has 2 aliphatic rings. The van der Waals surface area contributed by atoms with Gasteiger partial charge in [-0.05, 0) is 19.3 Å². The minimum atomic E-state index is -0.764. The average Bonchev–Trinajstić information content (AvgIpc) is 2.88. The molecule has 3 N–H and O–H groups in total. The number of piperazine rings is 1. The summed E-state index contributed by atoms with van der Waals surface area (Å²) in [7, 11) is 0. The highest BCUT2D eigenvalue weighted by molar-refractivity contribution is 5.75. The van der Waals surface area contributed by atoms with Gasteiger partial charge in [0.05, 0.1) is 12.5 Å². The Kier molecular flexibility index (Phi) is 5.19. The minimum absolute atomic E-state index is 0.0147. The third-order valence-electron chi connectivity index (χ3n) is 4.19. The van der Waals surface area contributed by atoms with Gasteiger partial charge in [0.25, 0.3) is 0 Å². The Morgan fingerprint density at radius 1 is 1.15 bits per heavy atom. The summed E-state index contributed by atoms with van der Waals surface area (Å²) in [5.74, 6) is -1.08. The van der Waals surface area contributed by atoms with Crippen molar-refractivity contribution < 1.29 is 19.8 Å². The van der Waals surface area contributed by atoms with E-state index in [1.165, 1.54) is 0 Å². The lowest BCUT2D eigenvalue weighted by Gasteiger charge is -2.34. The van der Waals surface area contributed by atoms with E-state index in [1.807, 2.05) is 0 Å². The van der Waals surface area contributed by atoms with Crippen LogP contribution in [0.4, 0.5) is 4.79 Å². The largest absolute Gasteiger partial charge is 0.481 e. The van der Waals surface area contributed by atoms with Crippen molar-refractivity contribution in [3.8, 4) is 0 Å². The number of hydrogen-bond acceptors (Lipinski definition) is 4. The van der Waals surface area contributed by atoms with Crippen LogP contribution in [0.25, 0.3) is 0 Å². The zero-order valence-corrected chi connectivity index (χ0v) is 11.6. The van der Waals surface area contributed by atoms with Gasteiger partial charge in [-0.15, -0.1) is 0 Å². The van der Waals surface area contributed by atoms with Crippen LogP contribution in [0.3, 0.4) is 0 Å². The maximum absolute atomic E-state index is 12.1. The number of aliphatic carboxylic acids is 1. The zero-order valence-electron chi connectivity index (χ0n) is 11.6. The van der Waals surface area contributed by atoms with Crippen LogP contribution < -0.4 is 5.32 Å². The van der Waals surface area contributed by atoms with Gasteiger partial charge in [-0.25, -0.2) is 4.79 Å². The molecule has 7 heteroatoms. The van der Waals surface area contributed by atoms with E-state index in [-0.39, 0.29) is 24.6 Å². The number of nitrogens with zero attached hydrogens (tertiary/aromatic N) is 2. The fraction of sp³-hybridized carbons (Fsp3) is 0.846. The topological polar surface area (TPSA) is 93.1 Å². The highest BCUT2D eigenvalue weighted by atomic mass is 16.4. The number of nitrogens with one attached hydrogen (secondary N) is 1. The Labute approximate surface area is 118 Å². The predicted octanol–water partition coefficient (Wildman–Crippen LogP) is -0.441. The van der Waals surface area contributed by atoms with Crippen molar-refractivity contribution in [3.05, 3.63) is 0 Å². The third kappa shape index (κ3) is 3.83. The number of carboxylic acids is 1. The number of carbonyl (C=O) groups excluding carboxylic acids is 1. The summed E-state index contributed by atoms with van der Waals surface area (Å²) in [5, 5.41) is 20.8. The molecule has 0 bridgehead atoms. The Balaban J connectivity index is 1.72. The first-order chi connectivity index (χ1) is 9.60. The molecule has 7 nitrogen and oxygen atoms in total. The summed E-state index contributed by atoms with van der Waals surface area (Å²) >= 11 is 0. The lowest BCUT2D eigenvalue weighted by atomic mass is 10.1. The molecule has 0 aromatic carbocycles. The molecule has 0 aromatic heterocycles. The maximum atomic E-state index is 12.1. The van der Waals surface area contributed by atoms with Crippen LogP contribution in [0.15, 0.2) is 0 Å². The van der Waals surface area contributed by atoms with Crippen LogP contribution in [0, 0.1) is 5.92 Å². The molecule has 2 fully saturated rings. The lowest BCUT2D eigenvalue weighted by Crippen LogP contribution is -2.53. The number of carbonyl (C=O) groups is 2. The number of urea groups is 1. The van der Waals surface area contributed by atoms with Gasteiger partial charge in [0.2, 0.25) is 0 Å². The van der Waals surface area contributed by atoms with E-state index in [2.05, 4.69) is 10.2 Å². The number of amides is 2. The van der Waals surface area contributed by atoms with E-state index in [0.717, 1.165) is 19.5 Å². The number of aliphatic hydroxyl groups excluding tert-OH is 1. The second kappa shape index (κ2) is 6.90. The molecule has 1 saturated heterocycles. The van der Waals surface area contributed by atoms with E-state index in [9.17, 15) is 9.59 Å². The van der Waals surface area contributed by atoms with Crippen molar-refractivity contribution >= 4 is 12.0 Å². The standard InChI is InChI=1S/C13H23N3O4/c17-8-7-15-3-5-16(6-4-15)13(20)14-11-2-1-10(9-11)12(18)19/h10-11,17H,1-9H2,(H,14,20)(H,18,19). The number of β-amino-alcohol motifs (C(OH)–C–C–N with tert-alkyl or cyclic N) is 1. The molecule has 2 amide bonds. The van der Waals surface area contributed by atoms with Crippen LogP contribution in [-0.2, 0) is 4.79 Å². The molecule has 2 rings (SSSR count). The zero-order chi connectivity index (χ0) is 14.5. The van der Waals surface area contributed by atoms with Gasteiger partial charge in [-0.1, -0.05) is 0 Å². The summed E-state index contributed by atoms with van der Waals surface area (Å²) in [6, 6.07) is -0.108. The molecular weight excluding hydrogens is 262 g/mol. The predicted molar refractivity (Wildman–Crippen MR) is 72.4 cm³/mol. The quantitative estimate of drug-likeness (QED) is 0.651. The molecule has 0 aromatic rings. The van der Waals surface area contributed by atoms with Gasteiger partial charge in [-0.3, -0.25) is 9.69 Å². The van der Waals surface area contributed by atoms with Crippen LogP contribution in [0.5, 0.6) is 0 Å². The van der Waals surface area contributed by atoms with Crippen LogP contribution >= 0.6 is 0 Å². The van der Waals surface area contributed by atoms with Gasteiger partial charge < -0.3 is 20.4 Å². The van der Waals surface area contributed by atoms with Crippen molar-refractivity contribution in [1.29, 1.82) is 0 Å². The molecule has 1 heterocycles. The number of hydrogen-bond donors (Lipinski definition) is 3. The molecule has 0 spiro atoms. The van der Waals surface area contributed by atoms with Crippen LogP contribution in [0.2, 0.25) is 0 Å². The van der Waals surface area contributed by atoms with Crippen molar-refractivity contribution in [3.63, 3.8) is 0 Å². The highest BCUT2D eigenvalue weighted by Crippen LogP contribution is 2.25. The first kappa shape index (κ1) is 15.1. The molecule has 1 saturated carbocycles. The summed E-state index contributed by atoms with van der Waals surface area (Å²) in [4.78, 5) is 26.9. The van der Waals surface area contributed by atoms with Crippen molar-refractivity contribution in [2.45, 2.75) is 25.3 Å². The van der Waals surface area contributed by atoms with Gasteiger partial charge >= 0.3 is 12.0 Å². The lowest BCUT2D eigenvalue weighted by molar-refractivity contribution is -0.141. The van der Waals surface area contributed by atoms with Gasteiger partial charge in [0.15, 0.2) is 0 Å². The number of rotatable bonds is 4. The molecule has 1 aliphatic heterocycles. The van der Waals surface area contributed by atoms with Gasteiger partial charge in [0.1, 0.15) is 0 Å². The smallest absolute Gasteiger partial charge is 0.317 e. The molecule has 20 heavy (non-hydrogen) atoms. The maximum Gasteiger partial charge on any atom is 0.317 e. The fourth-order valence-electron chi connectivity index (χ4n) is 2.92. The van der Waals surface area contributed by atoms with Gasteiger partial charge in [0, 0.05) is 38.8 Å². The number of aliphatic hydroxyl groups is 1. The third-order valence-corrected chi connectivity index (χ3v) is 4.19. The van der Waals surface area contributed by atoms with E-state index < -0.39 is 5.97 Å². The average molecular weight is 285 g/mol. The van der Waals surface area contributed by atoms with Crippen molar-refractivity contribution in [2.75, 3.05) is 39.3 Å².